The van der Waals surface area contributed by atoms with Crippen molar-refractivity contribution in [3.63, 3.8) is 0 Å². The Morgan fingerprint density at radius 1 is 1.14 bits per heavy atom. The molecule has 2 heterocycles. The highest BCUT2D eigenvalue weighted by Crippen LogP contribution is 2.17. The van der Waals surface area contributed by atoms with Gasteiger partial charge in [-0.15, -0.1) is 11.3 Å². The highest BCUT2D eigenvalue weighted by atomic mass is 32.1. The van der Waals surface area contributed by atoms with Gasteiger partial charge in [-0.2, -0.15) is 0 Å². The van der Waals surface area contributed by atoms with Crippen LogP contribution in [0, 0.1) is 13.8 Å². The monoisotopic (exact) mass is 404 g/mol. The maximum Gasteiger partial charge on any atom is 0.119 e. The molecule has 0 radical (unpaired) electrons. The summed E-state index contributed by atoms with van der Waals surface area (Å²) in [7, 11) is 2.14. The first-order chi connectivity index (χ1) is 13.5. The molecule has 0 unspecified atom stereocenters. The van der Waals surface area contributed by atoms with E-state index in [9.17, 15) is 5.11 Å². The predicted octanol–water partition coefficient (Wildman–Crippen LogP) is 2.04. The highest BCUT2D eigenvalue weighted by Gasteiger charge is 2.17. The molecule has 1 aliphatic heterocycles. The number of ether oxygens (including phenoxy) is 1. The average Bonchev–Trinajstić information content (AvgIpc) is 3.00. The lowest BCUT2D eigenvalue weighted by atomic mass is 10.2. The van der Waals surface area contributed by atoms with Crippen LogP contribution in [0.4, 0.5) is 0 Å². The second kappa shape index (κ2) is 10.3. The number of rotatable bonds is 9. The van der Waals surface area contributed by atoms with E-state index in [1.165, 1.54) is 10.4 Å². The van der Waals surface area contributed by atoms with Crippen LogP contribution in [0.3, 0.4) is 0 Å². The van der Waals surface area contributed by atoms with Crippen molar-refractivity contribution in [3.05, 3.63) is 45.4 Å². The van der Waals surface area contributed by atoms with Gasteiger partial charge >= 0.3 is 0 Å². The van der Waals surface area contributed by atoms with E-state index in [0.29, 0.717) is 13.2 Å². The third kappa shape index (κ3) is 6.53. The second-order valence-electron chi connectivity index (χ2n) is 7.57. The molecule has 2 aromatic rings. The van der Waals surface area contributed by atoms with Crippen molar-refractivity contribution in [1.29, 1.82) is 0 Å². The number of likely N-dealkylation sites (N-methyl/N-ethyl adjacent to an activating group) is 1. The van der Waals surface area contributed by atoms with Crippen molar-refractivity contribution in [1.82, 2.24) is 20.1 Å². The predicted molar refractivity (Wildman–Crippen MR) is 114 cm³/mol. The molecule has 1 fully saturated rings. The van der Waals surface area contributed by atoms with Crippen molar-refractivity contribution in [2.75, 3.05) is 46.4 Å². The van der Waals surface area contributed by atoms with E-state index < -0.39 is 6.10 Å². The van der Waals surface area contributed by atoms with E-state index in [-0.39, 0.29) is 0 Å². The first-order valence-corrected chi connectivity index (χ1v) is 10.8. The fraction of sp³-hybridized carbons (Fsp3) is 0.571. The fourth-order valence-corrected chi connectivity index (χ4v) is 4.11. The van der Waals surface area contributed by atoms with E-state index in [2.05, 4.69) is 53.1 Å². The van der Waals surface area contributed by atoms with Gasteiger partial charge < -0.3 is 20.1 Å². The maximum atomic E-state index is 10.2. The van der Waals surface area contributed by atoms with Gasteiger partial charge in [0.2, 0.25) is 0 Å². The standard InChI is InChI=1S/C21H32N4O2S/c1-16-17(2)28-21(23-16)13-22-12-18-4-6-20(7-5-18)27-15-19(26)14-25-10-8-24(3)9-11-25/h4-7,19,22,26H,8-15H2,1-3H3/t19-/m0/s1. The molecule has 6 nitrogen and oxygen atoms in total. The first-order valence-electron chi connectivity index (χ1n) is 9.94. The summed E-state index contributed by atoms with van der Waals surface area (Å²) < 4.78 is 5.76. The molecular weight excluding hydrogens is 372 g/mol. The minimum atomic E-state index is -0.463. The SMILES string of the molecule is Cc1nc(CNCc2ccc(OC[C@@H](O)CN3CCN(C)CC3)cc2)sc1C. The van der Waals surface area contributed by atoms with Gasteiger partial charge in [0, 0.05) is 50.7 Å². The van der Waals surface area contributed by atoms with Crippen molar-refractivity contribution in [2.24, 2.45) is 0 Å². The number of hydrogen-bond acceptors (Lipinski definition) is 7. The van der Waals surface area contributed by atoms with Crippen molar-refractivity contribution < 1.29 is 9.84 Å². The number of nitrogens with zero attached hydrogens (tertiary/aromatic N) is 3. The Kier molecular flexibility index (Phi) is 7.82. The van der Waals surface area contributed by atoms with E-state index >= 15 is 0 Å². The Morgan fingerprint density at radius 3 is 2.50 bits per heavy atom. The molecule has 1 saturated heterocycles. The largest absolute Gasteiger partial charge is 0.491 e. The summed E-state index contributed by atoms with van der Waals surface area (Å²) in [5, 5.41) is 14.8. The molecule has 1 atom stereocenters. The van der Waals surface area contributed by atoms with Gasteiger partial charge in [-0.3, -0.25) is 4.90 Å². The van der Waals surface area contributed by atoms with Crippen LogP contribution in [-0.2, 0) is 13.1 Å². The fourth-order valence-electron chi connectivity index (χ4n) is 3.21. The molecule has 7 heteroatoms. The molecule has 0 spiro atoms. The van der Waals surface area contributed by atoms with E-state index in [1.54, 1.807) is 11.3 Å². The molecule has 28 heavy (non-hydrogen) atoms. The van der Waals surface area contributed by atoms with Crippen LogP contribution < -0.4 is 10.1 Å². The summed E-state index contributed by atoms with van der Waals surface area (Å²) in [5.41, 5.74) is 2.33. The zero-order chi connectivity index (χ0) is 19.9. The number of thiazole rings is 1. The van der Waals surface area contributed by atoms with Gasteiger partial charge in [0.05, 0.1) is 5.69 Å². The smallest absolute Gasteiger partial charge is 0.119 e. The lowest BCUT2D eigenvalue weighted by molar-refractivity contribution is 0.0505. The minimum Gasteiger partial charge on any atom is -0.491 e. The molecule has 154 valence electrons. The number of nitrogens with one attached hydrogen (secondary N) is 1. The number of piperazine rings is 1. The Morgan fingerprint density at radius 2 is 1.86 bits per heavy atom. The summed E-state index contributed by atoms with van der Waals surface area (Å²) in [4.78, 5) is 10.4. The normalized spacial score (nSPS) is 17.0. The maximum absolute atomic E-state index is 10.2. The van der Waals surface area contributed by atoms with Gasteiger partial charge in [-0.1, -0.05) is 12.1 Å². The number of aromatic nitrogens is 1. The molecule has 0 saturated carbocycles. The van der Waals surface area contributed by atoms with Gasteiger partial charge in [-0.05, 0) is 38.6 Å². The van der Waals surface area contributed by atoms with E-state index in [1.807, 2.05) is 12.1 Å². The van der Waals surface area contributed by atoms with Crippen LogP contribution in [0.5, 0.6) is 5.75 Å². The number of β-amino-alcohol motifs (C(OH)–C–C–N with tert-alkyl or cyclic N) is 1. The lowest BCUT2D eigenvalue weighted by Gasteiger charge is -2.33. The van der Waals surface area contributed by atoms with Crippen LogP contribution >= 0.6 is 11.3 Å². The topological polar surface area (TPSA) is 60.9 Å². The molecule has 0 aliphatic carbocycles. The molecule has 1 aromatic carbocycles. The third-order valence-electron chi connectivity index (χ3n) is 5.11. The molecule has 3 rings (SSSR count). The molecule has 0 bridgehead atoms. The molecule has 1 aromatic heterocycles. The highest BCUT2D eigenvalue weighted by molar-refractivity contribution is 7.11. The van der Waals surface area contributed by atoms with Gasteiger partial charge in [0.25, 0.3) is 0 Å². The summed E-state index contributed by atoms with van der Waals surface area (Å²) in [6, 6.07) is 8.07. The quantitative estimate of drug-likeness (QED) is 0.667. The van der Waals surface area contributed by atoms with Crippen molar-refractivity contribution >= 4 is 11.3 Å². The number of aliphatic hydroxyl groups is 1. The summed E-state index contributed by atoms with van der Waals surface area (Å²) in [5.74, 6) is 0.798. The minimum absolute atomic E-state index is 0.326. The number of aryl methyl sites for hydroxylation is 2. The Bertz CT molecular complexity index is 707. The zero-order valence-corrected chi connectivity index (χ0v) is 18.0. The molecular formula is C21H32N4O2S. The number of hydrogen-bond donors (Lipinski definition) is 2. The Balaban J connectivity index is 1.35. The van der Waals surface area contributed by atoms with E-state index in [0.717, 1.165) is 55.7 Å². The zero-order valence-electron chi connectivity index (χ0n) is 17.1. The number of aliphatic hydroxyl groups excluding tert-OH is 1. The summed E-state index contributed by atoms with van der Waals surface area (Å²) in [6.45, 7) is 10.9. The second-order valence-corrected chi connectivity index (χ2v) is 8.85. The van der Waals surface area contributed by atoms with Gasteiger partial charge in [0.15, 0.2) is 0 Å². The van der Waals surface area contributed by atoms with Crippen LogP contribution in [0.1, 0.15) is 21.1 Å². The van der Waals surface area contributed by atoms with Crippen molar-refractivity contribution in [2.45, 2.75) is 33.0 Å². The summed E-state index contributed by atoms with van der Waals surface area (Å²) >= 11 is 1.75. The summed E-state index contributed by atoms with van der Waals surface area (Å²) in [6.07, 6.45) is -0.463. The average molecular weight is 405 g/mol. The van der Waals surface area contributed by atoms with Crippen LogP contribution in [0.2, 0.25) is 0 Å². The third-order valence-corrected chi connectivity index (χ3v) is 6.18. The molecule has 0 amide bonds. The van der Waals surface area contributed by atoms with E-state index in [4.69, 9.17) is 4.74 Å². The van der Waals surface area contributed by atoms with Crippen LogP contribution in [0.25, 0.3) is 0 Å². The number of benzene rings is 1. The lowest BCUT2D eigenvalue weighted by Crippen LogP contribution is -2.47. The van der Waals surface area contributed by atoms with Gasteiger partial charge in [0.1, 0.15) is 23.5 Å². The van der Waals surface area contributed by atoms with Crippen LogP contribution in [-0.4, -0.2) is 72.4 Å². The first kappa shape index (κ1) is 21.2. The molecule has 2 N–H and O–H groups in total. The van der Waals surface area contributed by atoms with Crippen molar-refractivity contribution in [3.8, 4) is 5.75 Å². The van der Waals surface area contributed by atoms with Gasteiger partial charge in [-0.25, -0.2) is 4.98 Å². The molecule has 1 aliphatic rings. The Hall–Kier alpha value is -1.51. The van der Waals surface area contributed by atoms with Crippen LogP contribution in [0.15, 0.2) is 24.3 Å². The Labute approximate surface area is 172 Å².